The molecule has 0 spiro atoms. The summed E-state index contributed by atoms with van der Waals surface area (Å²) < 4.78 is 20.0. The van der Waals surface area contributed by atoms with Crippen LogP contribution in [0, 0.1) is 5.82 Å². The predicted octanol–water partition coefficient (Wildman–Crippen LogP) is 4.40. The minimum absolute atomic E-state index is 0.238. The third-order valence-corrected chi connectivity index (χ3v) is 3.55. The molecule has 4 heteroatoms. The van der Waals surface area contributed by atoms with Crippen LogP contribution in [-0.2, 0) is 13.0 Å². The molecule has 1 aromatic carbocycles. The Morgan fingerprint density at radius 2 is 2.11 bits per heavy atom. The Kier molecular flexibility index (Phi) is 4.40. The van der Waals surface area contributed by atoms with Crippen LogP contribution in [0.4, 0.5) is 4.39 Å². The van der Waals surface area contributed by atoms with E-state index in [0.29, 0.717) is 11.0 Å². The van der Waals surface area contributed by atoms with Crippen molar-refractivity contribution in [1.82, 2.24) is 5.32 Å². The zero-order valence-electron chi connectivity index (χ0n) is 10.6. The van der Waals surface area contributed by atoms with Crippen LogP contribution >= 0.6 is 15.9 Å². The van der Waals surface area contributed by atoms with Gasteiger partial charge in [0.25, 0.3) is 0 Å². The monoisotopic (exact) mass is 313 g/mol. The molecular formula is C14H17BrFNO. The van der Waals surface area contributed by atoms with E-state index in [0.717, 1.165) is 41.7 Å². The SMILES string of the molecule is CCCNCc1oc2c(Br)cc(F)cc2c1CC. The summed E-state index contributed by atoms with van der Waals surface area (Å²) in [5.74, 6) is 0.671. The molecule has 98 valence electrons. The lowest BCUT2D eigenvalue weighted by atomic mass is 10.1. The number of rotatable bonds is 5. The Morgan fingerprint density at radius 1 is 1.33 bits per heavy atom. The molecule has 0 aliphatic carbocycles. The molecule has 0 unspecified atom stereocenters. The largest absolute Gasteiger partial charge is 0.458 e. The van der Waals surface area contributed by atoms with Crippen LogP contribution in [0.5, 0.6) is 0 Å². The minimum Gasteiger partial charge on any atom is -0.458 e. The van der Waals surface area contributed by atoms with E-state index in [-0.39, 0.29) is 5.82 Å². The number of benzene rings is 1. The average Bonchev–Trinajstić information content (AvgIpc) is 2.67. The van der Waals surface area contributed by atoms with E-state index in [2.05, 4.69) is 35.1 Å². The Morgan fingerprint density at radius 3 is 2.78 bits per heavy atom. The van der Waals surface area contributed by atoms with Crippen molar-refractivity contribution >= 4 is 26.9 Å². The van der Waals surface area contributed by atoms with Crippen molar-refractivity contribution in [3.63, 3.8) is 0 Å². The molecule has 0 aliphatic heterocycles. The fourth-order valence-electron chi connectivity index (χ4n) is 2.13. The molecule has 1 aromatic heterocycles. The van der Waals surface area contributed by atoms with Crippen LogP contribution in [0.25, 0.3) is 11.0 Å². The van der Waals surface area contributed by atoms with Crippen molar-refractivity contribution in [2.45, 2.75) is 33.2 Å². The van der Waals surface area contributed by atoms with Crippen molar-refractivity contribution in [2.75, 3.05) is 6.54 Å². The van der Waals surface area contributed by atoms with E-state index in [4.69, 9.17) is 4.42 Å². The third-order valence-electron chi connectivity index (χ3n) is 2.96. The maximum absolute atomic E-state index is 13.4. The van der Waals surface area contributed by atoms with Crippen LogP contribution < -0.4 is 5.32 Å². The summed E-state index contributed by atoms with van der Waals surface area (Å²) in [7, 11) is 0. The summed E-state index contributed by atoms with van der Waals surface area (Å²) in [6, 6.07) is 2.99. The molecule has 1 N–H and O–H groups in total. The maximum Gasteiger partial charge on any atom is 0.149 e. The van der Waals surface area contributed by atoms with Crippen LogP contribution in [0.1, 0.15) is 31.6 Å². The van der Waals surface area contributed by atoms with Crippen LogP contribution in [-0.4, -0.2) is 6.54 Å². The summed E-state index contributed by atoms with van der Waals surface area (Å²) in [5, 5.41) is 4.19. The van der Waals surface area contributed by atoms with Gasteiger partial charge in [0, 0.05) is 10.9 Å². The number of hydrogen-bond acceptors (Lipinski definition) is 2. The highest BCUT2D eigenvalue weighted by Crippen LogP contribution is 2.32. The fourth-order valence-corrected chi connectivity index (χ4v) is 2.65. The lowest BCUT2D eigenvalue weighted by Crippen LogP contribution is -2.14. The van der Waals surface area contributed by atoms with E-state index < -0.39 is 0 Å². The molecule has 0 radical (unpaired) electrons. The van der Waals surface area contributed by atoms with Crippen molar-refractivity contribution in [3.05, 3.63) is 33.7 Å². The average molecular weight is 314 g/mol. The molecule has 0 amide bonds. The molecule has 2 nitrogen and oxygen atoms in total. The van der Waals surface area contributed by atoms with Crippen LogP contribution in [0.3, 0.4) is 0 Å². The number of hydrogen-bond donors (Lipinski definition) is 1. The Labute approximate surface area is 115 Å². The summed E-state index contributed by atoms with van der Waals surface area (Å²) in [6.07, 6.45) is 1.92. The quantitative estimate of drug-likeness (QED) is 0.828. The highest BCUT2D eigenvalue weighted by molar-refractivity contribution is 9.10. The van der Waals surface area contributed by atoms with Crippen molar-refractivity contribution in [3.8, 4) is 0 Å². The van der Waals surface area contributed by atoms with E-state index in [1.807, 2.05) is 0 Å². The molecule has 18 heavy (non-hydrogen) atoms. The third kappa shape index (κ3) is 2.59. The van der Waals surface area contributed by atoms with Gasteiger partial charge < -0.3 is 9.73 Å². The minimum atomic E-state index is -0.238. The van der Waals surface area contributed by atoms with E-state index >= 15 is 0 Å². The zero-order valence-corrected chi connectivity index (χ0v) is 12.2. The highest BCUT2D eigenvalue weighted by Gasteiger charge is 2.15. The normalized spacial score (nSPS) is 11.3. The van der Waals surface area contributed by atoms with Crippen molar-refractivity contribution in [2.24, 2.45) is 0 Å². The first-order chi connectivity index (χ1) is 8.67. The predicted molar refractivity (Wildman–Crippen MR) is 75.2 cm³/mol. The van der Waals surface area contributed by atoms with Gasteiger partial charge in [-0.2, -0.15) is 0 Å². The molecule has 1 heterocycles. The van der Waals surface area contributed by atoms with E-state index in [1.165, 1.54) is 6.07 Å². The van der Waals surface area contributed by atoms with Crippen LogP contribution in [0.15, 0.2) is 21.0 Å². The molecule has 0 saturated carbocycles. The standard InChI is InChI=1S/C14H17BrFNO/c1-3-5-17-8-13-10(4-2)11-6-9(16)7-12(15)14(11)18-13/h6-7,17H,3-5,8H2,1-2H3. The highest BCUT2D eigenvalue weighted by atomic mass is 79.9. The van der Waals surface area contributed by atoms with E-state index in [1.54, 1.807) is 6.07 Å². The number of halogens is 2. The Balaban J connectivity index is 2.44. The maximum atomic E-state index is 13.4. The van der Waals surface area contributed by atoms with Gasteiger partial charge >= 0.3 is 0 Å². The molecule has 0 aliphatic rings. The van der Waals surface area contributed by atoms with Crippen molar-refractivity contribution < 1.29 is 8.81 Å². The number of aryl methyl sites for hydroxylation is 1. The van der Waals surface area contributed by atoms with Gasteiger partial charge in [-0.25, -0.2) is 4.39 Å². The van der Waals surface area contributed by atoms with Gasteiger partial charge in [0.15, 0.2) is 0 Å². The molecule has 0 fully saturated rings. The molecular weight excluding hydrogens is 297 g/mol. The van der Waals surface area contributed by atoms with Gasteiger partial charge in [-0.15, -0.1) is 0 Å². The van der Waals surface area contributed by atoms with Gasteiger partial charge in [0.1, 0.15) is 17.2 Å². The summed E-state index contributed by atoms with van der Waals surface area (Å²) >= 11 is 3.35. The molecule has 0 bridgehead atoms. The second-order valence-corrected chi connectivity index (χ2v) is 5.15. The van der Waals surface area contributed by atoms with E-state index in [9.17, 15) is 4.39 Å². The smallest absolute Gasteiger partial charge is 0.149 e. The topological polar surface area (TPSA) is 25.2 Å². The Hall–Kier alpha value is -0.870. The first-order valence-electron chi connectivity index (χ1n) is 6.27. The zero-order chi connectivity index (χ0) is 13.1. The molecule has 0 saturated heterocycles. The lowest BCUT2D eigenvalue weighted by molar-refractivity contribution is 0.506. The second-order valence-electron chi connectivity index (χ2n) is 4.30. The van der Waals surface area contributed by atoms with Gasteiger partial charge in [-0.05, 0) is 47.4 Å². The Bertz CT molecular complexity index is 550. The summed E-state index contributed by atoms with van der Waals surface area (Å²) in [4.78, 5) is 0. The van der Waals surface area contributed by atoms with Gasteiger partial charge in [-0.1, -0.05) is 13.8 Å². The number of furan rings is 1. The summed E-state index contributed by atoms with van der Waals surface area (Å²) in [6.45, 7) is 5.83. The number of nitrogens with one attached hydrogen (secondary N) is 1. The van der Waals surface area contributed by atoms with Gasteiger partial charge in [0.05, 0.1) is 11.0 Å². The van der Waals surface area contributed by atoms with Gasteiger partial charge in [-0.3, -0.25) is 0 Å². The first-order valence-corrected chi connectivity index (χ1v) is 7.06. The van der Waals surface area contributed by atoms with Gasteiger partial charge in [0.2, 0.25) is 0 Å². The fraction of sp³-hybridized carbons (Fsp3) is 0.429. The van der Waals surface area contributed by atoms with Crippen molar-refractivity contribution in [1.29, 1.82) is 0 Å². The van der Waals surface area contributed by atoms with Crippen LogP contribution in [0.2, 0.25) is 0 Å². The lowest BCUT2D eigenvalue weighted by Gasteiger charge is -2.01. The molecule has 0 atom stereocenters. The molecule has 2 rings (SSSR count). The summed E-state index contributed by atoms with van der Waals surface area (Å²) in [5.41, 5.74) is 1.83. The number of fused-ring (bicyclic) bond motifs is 1. The molecule has 2 aromatic rings. The second kappa shape index (κ2) is 5.85. The first kappa shape index (κ1) is 13.6.